The highest BCUT2D eigenvalue weighted by Crippen LogP contribution is 2.46. The molecule has 1 unspecified atom stereocenters. The van der Waals surface area contributed by atoms with Crippen molar-refractivity contribution in [2.45, 2.75) is 64.2 Å². The van der Waals surface area contributed by atoms with Crippen LogP contribution >= 0.6 is 0 Å². The topological polar surface area (TPSA) is 0 Å². The quantitative estimate of drug-likeness (QED) is 0.372. The molecule has 4 rings (SSSR count). The van der Waals surface area contributed by atoms with E-state index in [1.807, 2.05) is 0 Å². The van der Waals surface area contributed by atoms with E-state index in [2.05, 4.69) is 139 Å². The summed E-state index contributed by atoms with van der Waals surface area (Å²) in [5.74, 6) is 0. The van der Waals surface area contributed by atoms with Crippen LogP contribution in [0.15, 0.2) is 97.1 Å². The summed E-state index contributed by atoms with van der Waals surface area (Å²) in [6, 6.07) is 28.9. The fourth-order valence-electron chi connectivity index (χ4n) is 5.07. The summed E-state index contributed by atoms with van der Waals surface area (Å²) >= 11 is 0. The van der Waals surface area contributed by atoms with Crippen LogP contribution in [-0.2, 0) is 16.2 Å². The average molecular weight is 421 g/mol. The van der Waals surface area contributed by atoms with Gasteiger partial charge >= 0.3 is 0 Å². The molecule has 0 aromatic heterocycles. The number of hydrogen-bond donors (Lipinski definition) is 0. The summed E-state index contributed by atoms with van der Waals surface area (Å²) < 4.78 is 0. The largest absolute Gasteiger partial charge is 0.0826 e. The van der Waals surface area contributed by atoms with Gasteiger partial charge in [0.15, 0.2) is 0 Å². The van der Waals surface area contributed by atoms with Gasteiger partial charge in [-0.15, -0.1) is 0 Å². The highest BCUT2D eigenvalue weighted by Gasteiger charge is 2.36. The van der Waals surface area contributed by atoms with Crippen LogP contribution in [-0.4, -0.2) is 0 Å². The maximum Gasteiger partial charge on any atom is 0.0571 e. The van der Waals surface area contributed by atoms with Crippen LogP contribution < -0.4 is 0 Å². The van der Waals surface area contributed by atoms with E-state index in [1.165, 1.54) is 33.4 Å². The molecule has 0 radical (unpaired) electrons. The maximum absolute atomic E-state index is 2.54. The molecule has 164 valence electrons. The van der Waals surface area contributed by atoms with E-state index >= 15 is 0 Å². The minimum Gasteiger partial charge on any atom is -0.0826 e. The van der Waals surface area contributed by atoms with Crippen LogP contribution in [0.5, 0.6) is 0 Å². The fourth-order valence-corrected chi connectivity index (χ4v) is 5.07. The van der Waals surface area contributed by atoms with Crippen LogP contribution in [0.2, 0.25) is 0 Å². The van der Waals surface area contributed by atoms with Gasteiger partial charge in [-0.2, -0.15) is 0 Å². The van der Waals surface area contributed by atoms with Crippen LogP contribution in [0, 0.1) is 0 Å². The number of hydrogen-bond acceptors (Lipinski definition) is 0. The zero-order chi connectivity index (χ0) is 23.0. The van der Waals surface area contributed by atoms with Gasteiger partial charge in [-0.25, -0.2) is 0 Å². The molecule has 0 bridgehead atoms. The SMILES string of the molecule is CC(C)(C)c1ccccc1C1=CC(c2ccccc2)(c2ccccc2C(C)(C)C)C=CC1. The second kappa shape index (κ2) is 8.24. The molecule has 1 atom stereocenters. The normalized spacial score (nSPS) is 19.0. The maximum atomic E-state index is 2.54. The predicted octanol–water partition coefficient (Wildman–Crippen LogP) is 8.61. The van der Waals surface area contributed by atoms with Gasteiger partial charge in [0.2, 0.25) is 0 Å². The molecule has 0 amide bonds. The third kappa shape index (κ3) is 4.11. The molecule has 0 N–H and O–H groups in total. The molecule has 0 heterocycles. The first kappa shape index (κ1) is 22.3. The molecular weight excluding hydrogens is 384 g/mol. The number of allylic oxidation sites excluding steroid dienone is 4. The van der Waals surface area contributed by atoms with Crippen molar-refractivity contribution in [2.75, 3.05) is 0 Å². The molecule has 0 aliphatic heterocycles. The van der Waals surface area contributed by atoms with E-state index in [-0.39, 0.29) is 16.2 Å². The Bertz CT molecular complexity index is 1150. The smallest absolute Gasteiger partial charge is 0.0571 e. The van der Waals surface area contributed by atoms with Crippen LogP contribution in [0.25, 0.3) is 5.57 Å². The molecule has 3 aromatic rings. The van der Waals surface area contributed by atoms with Crippen LogP contribution in [0.1, 0.15) is 75.8 Å². The van der Waals surface area contributed by atoms with Crippen LogP contribution in [0.4, 0.5) is 0 Å². The minimum atomic E-state index is -0.288. The predicted molar refractivity (Wildman–Crippen MR) is 139 cm³/mol. The molecular formula is C32H36. The Hall–Kier alpha value is -2.86. The first-order valence-electron chi connectivity index (χ1n) is 11.8. The molecule has 0 fully saturated rings. The average Bonchev–Trinajstić information content (AvgIpc) is 2.78. The molecule has 0 heteroatoms. The van der Waals surface area contributed by atoms with Gasteiger partial charge in [0.25, 0.3) is 0 Å². The van der Waals surface area contributed by atoms with Gasteiger partial charge in [-0.1, -0.05) is 139 Å². The van der Waals surface area contributed by atoms with Crippen molar-refractivity contribution in [3.8, 4) is 0 Å². The molecule has 0 nitrogen and oxygen atoms in total. The second-order valence-electron chi connectivity index (χ2n) is 11.1. The van der Waals surface area contributed by atoms with E-state index in [0.717, 1.165) is 6.42 Å². The third-order valence-electron chi connectivity index (χ3n) is 6.63. The van der Waals surface area contributed by atoms with E-state index in [9.17, 15) is 0 Å². The summed E-state index contributed by atoms with van der Waals surface area (Å²) in [4.78, 5) is 0. The lowest BCUT2D eigenvalue weighted by Crippen LogP contribution is -2.29. The molecule has 1 aliphatic rings. The Balaban J connectivity index is 2.02. The monoisotopic (exact) mass is 420 g/mol. The van der Waals surface area contributed by atoms with Crippen molar-refractivity contribution in [1.29, 1.82) is 0 Å². The molecule has 3 aromatic carbocycles. The standard InChI is InChI=1S/C32H36/c1-30(2,3)27-19-11-10-18-26(27)24-15-14-22-32(23-24,25-16-8-7-9-17-25)29-21-13-12-20-28(29)31(4,5)6/h7-14,16-23H,15H2,1-6H3. The zero-order valence-corrected chi connectivity index (χ0v) is 20.4. The number of rotatable bonds is 3. The summed E-state index contributed by atoms with van der Waals surface area (Å²) in [5, 5.41) is 0. The highest BCUT2D eigenvalue weighted by molar-refractivity contribution is 5.76. The van der Waals surface area contributed by atoms with Crippen molar-refractivity contribution < 1.29 is 0 Å². The zero-order valence-electron chi connectivity index (χ0n) is 20.4. The van der Waals surface area contributed by atoms with E-state index in [4.69, 9.17) is 0 Å². The highest BCUT2D eigenvalue weighted by atomic mass is 14.4. The molecule has 1 aliphatic carbocycles. The van der Waals surface area contributed by atoms with Gasteiger partial charge in [-0.3, -0.25) is 0 Å². The summed E-state index contributed by atoms with van der Waals surface area (Å²) in [6.45, 7) is 13.9. The Morgan fingerprint density at radius 1 is 0.625 bits per heavy atom. The lowest BCUT2D eigenvalue weighted by Gasteiger charge is -2.37. The van der Waals surface area contributed by atoms with E-state index in [0.29, 0.717) is 0 Å². The summed E-state index contributed by atoms with van der Waals surface area (Å²) in [7, 11) is 0. The Morgan fingerprint density at radius 3 is 1.84 bits per heavy atom. The van der Waals surface area contributed by atoms with Gasteiger partial charge in [0.1, 0.15) is 0 Å². The first-order valence-corrected chi connectivity index (χ1v) is 11.8. The molecule has 0 saturated heterocycles. The Morgan fingerprint density at radius 2 is 1.19 bits per heavy atom. The summed E-state index contributed by atoms with van der Waals surface area (Å²) in [6.07, 6.45) is 8.30. The summed E-state index contributed by atoms with van der Waals surface area (Å²) in [5.41, 5.74) is 8.15. The van der Waals surface area contributed by atoms with Crippen LogP contribution in [0.3, 0.4) is 0 Å². The van der Waals surface area contributed by atoms with Crippen molar-refractivity contribution in [1.82, 2.24) is 0 Å². The Kier molecular flexibility index (Phi) is 5.76. The van der Waals surface area contributed by atoms with E-state index in [1.54, 1.807) is 0 Å². The van der Waals surface area contributed by atoms with Gasteiger partial charge in [0.05, 0.1) is 5.41 Å². The lowest BCUT2D eigenvalue weighted by atomic mass is 9.65. The molecule has 0 saturated carbocycles. The van der Waals surface area contributed by atoms with Crippen molar-refractivity contribution >= 4 is 5.57 Å². The van der Waals surface area contributed by atoms with Gasteiger partial charge in [-0.05, 0) is 50.6 Å². The Labute approximate surface area is 194 Å². The van der Waals surface area contributed by atoms with Gasteiger partial charge in [0, 0.05) is 0 Å². The lowest BCUT2D eigenvalue weighted by molar-refractivity contribution is 0.573. The van der Waals surface area contributed by atoms with Crippen molar-refractivity contribution in [3.63, 3.8) is 0 Å². The number of benzene rings is 3. The first-order chi connectivity index (χ1) is 15.1. The van der Waals surface area contributed by atoms with Crippen molar-refractivity contribution in [3.05, 3.63) is 125 Å². The van der Waals surface area contributed by atoms with Gasteiger partial charge < -0.3 is 0 Å². The molecule has 32 heavy (non-hydrogen) atoms. The second-order valence-corrected chi connectivity index (χ2v) is 11.1. The minimum absolute atomic E-state index is 0.0565. The molecule has 0 spiro atoms. The van der Waals surface area contributed by atoms with Crippen molar-refractivity contribution in [2.24, 2.45) is 0 Å². The van der Waals surface area contributed by atoms with E-state index < -0.39 is 0 Å². The third-order valence-corrected chi connectivity index (χ3v) is 6.63. The fraction of sp³-hybridized carbons (Fsp3) is 0.312.